The molecule has 0 aliphatic heterocycles. The summed E-state index contributed by atoms with van der Waals surface area (Å²) in [6.07, 6.45) is 1.48. The summed E-state index contributed by atoms with van der Waals surface area (Å²) in [4.78, 5) is 15.4. The molecule has 1 aromatic rings. The molecular weight excluding hydrogens is 255 g/mol. The maximum absolute atomic E-state index is 9.44. The summed E-state index contributed by atoms with van der Waals surface area (Å²) in [5, 5.41) is 10.4. The Kier molecular flexibility index (Phi) is 7.78. The quantitative estimate of drug-likeness (QED) is 0.728. The van der Waals surface area contributed by atoms with Gasteiger partial charge in [-0.2, -0.15) is 0 Å². The van der Waals surface area contributed by atoms with Crippen molar-refractivity contribution in [3.63, 3.8) is 0 Å². The van der Waals surface area contributed by atoms with Gasteiger partial charge >= 0.3 is 16.5 Å². The second-order valence-electron chi connectivity index (χ2n) is 1.58. The average Bonchev–Trinajstić information content (AvgIpc) is 2.03. The summed E-state index contributed by atoms with van der Waals surface area (Å²) in [6, 6.07) is 1.56. The van der Waals surface area contributed by atoms with E-state index in [1.807, 2.05) is 0 Å². The van der Waals surface area contributed by atoms with E-state index < -0.39 is 16.5 Å². The van der Waals surface area contributed by atoms with E-state index in [2.05, 4.69) is 19.7 Å². The van der Waals surface area contributed by atoms with Gasteiger partial charge in [-0.15, -0.1) is 10.2 Å². The third kappa shape index (κ3) is 9.73. The van der Waals surface area contributed by atoms with Gasteiger partial charge in [0, 0.05) is 0 Å². The molecule has 8 nitrogen and oxygen atoms in total. The number of hydrogen-bond acceptors (Lipinski definition) is 6. The molecule has 0 aliphatic carbocycles. The van der Waals surface area contributed by atoms with Crippen molar-refractivity contribution in [1.82, 2.24) is 15.4 Å². The molecule has 2 atom stereocenters. The molecule has 0 bridgehead atoms. The van der Waals surface area contributed by atoms with E-state index in [4.69, 9.17) is 21.4 Å². The Balaban J connectivity index is 0.000000241. The average molecular weight is 261 g/mol. The fourth-order valence-corrected chi connectivity index (χ4v) is 0.989. The minimum absolute atomic E-state index is 0.370. The zero-order chi connectivity index (χ0) is 11.0. The van der Waals surface area contributed by atoms with Gasteiger partial charge in [-0.05, 0) is 11.3 Å². The fourth-order valence-electron chi connectivity index (χ4n) is 0.301. The molecule has 1 aromatic heterocycles. The van der Waals surface area contributed by atoms with Gasteiger partial charge in [-0.3, -0.25) is 9.13 Å². The van der Waals surface area contributed by atoms with Crippen LogP contribution in [0, 0.1) is 0 Å². The van der Waals surface area contributed by atoms with Crippen LogP contribution in [0.3, 0.4) is 0 Å². The van der Waals surface area contributed by atoms with Crippen LogP contribution >= 0.6 is 28.1 Å². The van der Waals surface area contributed by atoms with E-state index in [9.17, 15) is 9.13 Å². The van der Waals surface area contributed by atoms with Crippen molar-refractivity contribution in [2.45, 2.75) is 0 Å². The van der Waals surface area contributed by atoms with E-state index in [0.29, 0.717) is 5.15 Å². The molecule has 14 heavy (non-hydrogen) atoms. The minimum atomic E-state index is -3.20. The standard InChI is InChI=1S/C3H2ClN3.H4O5P2/c4-3-1-2-5-7-6-3;1-6(2)5-7(3)4/h1-2H;6-7H,(H,1,2)(H,3,4). The van der Waals surface area contributed by atoms with Gasteiger partial charge in [0.15, 0.2) is 5.15 Å². The zero-order valence-electron chi connectivity index (χ0n) is 6.49. The van der Waals surface area contributed by atoms with Gasteiger partial charge in [0.1, 0.15) is 0 Å². The smallest absolute Gasteiger partial charge is 0.323 e. The lowest BCUT2D eigenvalue weighted by Crippen LogP contribution is -1.81. The Morgan fingerprint density at radius 2 is 1.93 bits per heavy atom. The number of nitrogens with zero attached hydrogens (tertiary/aromatic N) is 3. The predicted octanol–water partition coefficient (Wildman–Crippen LogP) is 0.292. The van der Waals surface area contributed by atoms with E-state index in [1.165, 1.54) is 6.20 Å². The predicted molar refractivity (Wildman–Crippen MR) is 48.4 cm³/mol. The first-order valence-corrected chi connectivity index (χ1v) is 5.86. The van der Waals surface area contributed by atoms with Crippen LogP contribution in [0.1, 0.15) is 0 Å². The van der Waals surface area contributed by atoms with Gasteiger partial charge in [0.2, 0.25) is 0 Å². The molecule has 0 amide bonds. The molecular formula is C3H6ClN3O5P2. The van der Waals surface area contributed by atoms with Gasteiger partial charge in [-0.25, -0.2) is 4.31 Å². The number of halogens is 1. The van der Waals surface area contributed by atoms with Crippen LogP contribution in [0.15, 0.2) is 12.3 Å². The Labute approximate surface area is 84.8 Å². The largest absolute Gasteiger partial charge is 0.326 e. The van der Waals surface area contributed by atoms with Crippen LogP contribution in [0.25, 0.3) is 0 Å². The van der Waals surface area contributed by atoms with Crippen LogP contribution in [0.2, 0.25) is 5.15 Å². The topological polar surface area (TPSA) is 123 Å². The molecule has 0 radical (unpaired) electrons. The van der Waals surface area contributed by atoms with Gasteiger partial charge in [-0.1, -0.05) is 11.6 Å². The van der Waals surface area contributed by atoms with Crippen molar-refractivity contribution in [2.24, 2.45) is 0 Å². The molecule has 2 unspecified atom stereocenters. The SMILES string of the molecule is Clc1ccnnn1.O=[PH](O)O[PH](=O)O. The third-order valence-electron chi connectivity index (χ3n) is 0.645. The Hall–Kier alpha value is -0.360. The molecule has 0 fully saturated rings. The van der Waals surface area contributed by atoms with Gasteiger partial charge < -0.3 is 9.79 Å². The van der Waals surface area contributed by atoms with Crippen LogP contribution in [0.5, 0.6) is 0 Å². The number of aromatic nitrogens is 3. The van der Waals surface area contributed by atoms with E-state index >= 15 is 0 Å². The summed E-state index contributed by atoms with van der Waals surface area (Å²) < 4.78 is 22.3. The molecule has 80 valence electrons. The highest BCUT2D eigenvalue weighted by atomic mass is 35.5. The highest BCUT2D eigenvalue weighted by molar-refractivity contribution is 7.46. The summed E-state index contributed by atoms with van der Waals surface area (Å²) >= 11 is 5.33. The molecule has 0 spiro atoms. The first-order chi connectivity index (χ1) is 6.52. The molecule has 0 aliphatic rings. The molecule has 1 heterocycles. The lowest BCUT2D eigenvalue weighted by molar-refractivity contribution is 0.371. The Morgan fingerprint density at radius 3 is 2.07 bits per heavy atom. The lowest BCUT2D eigenvalue weighted by Gasteiger charge is -1.86. The Bertz CT molecular complexity index is 298. The molecule has 0 saturated heterocycles. The third-order valence-corrected chi connectivity index (χ3v) is 2.24. The van der Waals surface area contributed by atoms with Crippen LogP contribution < -0.4 is 0 Å². The summed E-state index contributed by atoms with van der Waals surface area (Å²) in [7, 11) is -6.40. The Morgan fingerprint density at radius 1 is 1.36 bits per heavy atom. The second kappa shape index (κ2) is 7.99. The summed E-state index contributed by atoms with van der Waals surface area (Å²) in [5.74, 6) is 0. The van der Waals surface area contributed by atoms with Gasteiger partial charge in [0.25, 0.3) is 0 Å². The summed E-state index contributed by atoms with van der Waals surface area (Å²) in [6.45, 7) is 0. The molecule has 2 N–H and O–H groups in total. The summed E-state index contributed by atoms with van der Waals surface area (Å²) in [5.41, 5.74) is 0. The van der Waals surface area contributed by atoms with Crippen LogP contribution in [0.4, 0.5) is 0 Å². The first-order valence-electron chi connectivity index (χ1n) is 2.96. The van der Waals surface area contributed by atoms with Crippen molar-refractivity contribution in [1.29, 1.82) is 0 Å². The fraction of sp³-hybridized carbons (Fsp3) is 0. The maximum Gasteiger partial charge on any atom is 0.323 e. The highest BCUT2D eigenvalue weighted by Crippen LogP contribution is 2.30. The minimum Gasteiger partial charge on any atom is -0.326 e. The monoisotopic (exact) mass is 261 g/mol. The van der Waals surface area contributed by atoms with E-state index in [1.54, 1.807) is 6.07 Å². The van der Waals surface area contributed by atoms with Crippen molar-refractivity contribution in [3.8, 4) is 0 Å². The van der Waals surface area contributed by atoms with Crippen molar-refractivity contribution in [2.75, 3.05) is 0 Å². The molecule has 0 aromatic carbocycles. The molecule has 0 saturated carbocycles. The second-order valence-corrected chi connectivity index (χ2v) is 3.84. The van der Waals surface area contributed by atoms with Crippen LogP contribution in [-0.2, 0) is 13.4 Å². The zero-order valence-corrected chi connectivity index (χ0v) is 9.25. The van der Waals surface area contributed by atoms with E-state index in [0.717, 1.165) is 0 Å². The van der Waals surface area contributed by atoms with Gasteiger partial charge in [0.05, 0.1) is 6.20 Å². The normalized spacial score (nSPS) is 13.6. The van der Waals surface area contributed by atoms with Crippen molar-refractivity contribution >= 4 is 28.1 Å². The molecule has 11 heteroatoms. The molecule has 1 rings (SSSR count). The van der Waals surface area contributed by atoms with Crippen molar-refractivity contribution in [3.05, 3.63) is 17.4 Å². The first kappa shape index (κ1) is 13.6. The number of hydrogen-bond donors (Lipinski definition) is 2. The number of rotatable bonds is 2. The van der Waals surface area contributed by atoms with Crippen LogP contribution in [-0.4, -0.2) is 25.2 Å². The highest BCUT2D eigenvalue weighted by Gasteiger charge is 1.93. The maximum atomic E-state index is 9.44. The lowest BCUT2D eigenvalue weighted by atomic mass is 10.7. The van der Waals surface area contributed by atoms with Crippen molar-refractivity contribution < 1.29 is 23.2 Å². The van der Waals surface area contributed by atoms with E-state index in [-0.39, 0.29) is 0 Å².